The number of carbonyl (C=O) groups is 1. The predicted octanol–water partition coefficient (Wildman–Crippen LogP) is 1.33. The average molecular weight is 243 g/mol. The van der Waals surface area contributed by atoms with Gasteiger partial charge in [-0.1, -0.05) is 0 Å². The molecule has 6 nitrogen and oxygen atoms in total. The number of nitrogens with zero attached hydrogens (tertiary/aromatic N) is 1. The van der Waals surface area contributed by atoms with E-state index in [1.54, 1.807) is 0 Å². The molecule has 1 rings (SSSR count). The lowest BCUT2D eigenvalue weighted by Gasteiger charge is -2.09. The predicted molar refractivity (Wildman–Crippen MR) is 54.6 cm³/mol. The molecule has 1 aromatic rings. The van der Waals surface area contributed by atoms with Crippen molar-refractivity contribution < 1.29 is 24.0 Å². The van der Waals surface area contributed by atoms with E-state index in [-0.39, 0.29) is 12.0 Å². The second-order valence-corrected chi connectivity index (χ2v) is 3.26. The molecule has 0 heterocycles. The van der Waals surface area contributed by atoms with Crippen molar-refractivity contribution in [3.8, 4) is 0 Å². The number of carbonyl (C=O) groups excluding carboxylic acids is 1. The van der Waals surface area contributed by atoms with Crippen molar-refractivity contribution in [1.29, 1.82) is 0 Å². The highest BCUT2D eigenvalue weighted by atomic mass is 19.1. The summed E-state index contributed by atoms with van der Waals surface area (Å²) in [5.74, 6) is -1.72. The molecule has 0 radical (unpaired) electrons. The molecule has 1 N–H and O–H groups in total. The fraction of sp³-hybridized carbons (Fsp3) is 0.300. The molecule has 7 heteroatoms. The Hall–Kier alpha value is -2.02. The van der Waals surface area contributed by atoms with Crippen LogP contribution in [0.3, 0.4) is 0 Å². The maximum absolute atomic E-state index is 13.2. The van der Waals surface area contributed by atoms with Gasteiger partial charge in [-0.05, 0) is 17.7 Å². The third-order valence-corrected chi connectivity index (χ3v) is 2.14. The number of aliphatic hydroxyl groups excluding tert-OH is 1. The first-order chi connectivity index (χ1) is 7.95. The molecule has 0 saturated carbocycles. The first-order valence-corrected chi connectivity index (χ1v) is 4.64. The maximum Gasteiger partial charge on any atom is 0.308 e. The number of nitro benzene ring substituents is 1. The SMILES string of the molecule is COC(=O)C[C@@H](O)c1ccc([N+](=O)[O-])c(F)c1. The van der Waals surface area contributed by atoms with Crippen LogP contribution in [0.15, 0.2) is 18.2 Å². The number of hydrogen-bond donors (Lipinski definition) is 1. The molecule has 1 aromatic carbocycles. The summed E-state index contributed by atoms with van der Waals surface area (Å²) in [5, 5.41) is 19.9. The highest BCUT2D eigenvalue weighted by Crippen LogP contribution is 2.23. The van der Waals surface area contributed by atoms with Gasteiger partial charge in [0.1, 0.15) is 0 Å². The number of ether oxygens (including phenoxy) is 1. The van der Waals surface area contributed by atoms with E-state index in [1.807, 2.05) is 0 Å². The van der Waals surface area contributed by atoms with E-state index in [0.29, 0.717) is 0 Å². The highest BCUT2D eigenvalue weighted by molar-refractivity contribution is 5.70. The van der Waals surface area contributed by atoms with Crippen LogP contribution in [0, 0.1) is 15.9 Å². The summed E-state index contributed by atoms with van der Waals surface area (Å²) < 4.78 is 17.5. The molecule has 0 aromatic heterocycles. The summed E-state index contributed by atoms with van der Waals surface area (Å²) >= 11 is 0. The Labute approximate surface area is 95.8 Å². The van der Waals surface area contributed by atoms with E-state index in [2.05, 4.69) is 4.74 Å². The van der Waals surface area contributed by atoms with Gasteiger partial charge in [-0.2, -0.15) is 4.39 Å². The zero-order chi connectivity index (χ0) is 13.0. The Bertz CT molecular complexity index is 448. The van der Waals surface area contributed by atoms with Crippen LogP contribution in [0.5, 0.6) is 0 Å². The zero-order valence-electron chi connectivity index (χ0n) is 8.92. The summed E-state index contributed by atoms with van der Waals surface area (Å²) in [6.45, 7) is 0. The number of nitro groups is 1. The average Bonchev–Trinajstić information content (AvgIpc) is 2.28. The quantitative estimate of drug-likeness (QED) is 0.489. The van der Waals surface area contributed by atoms with E-state index in [0.717, 1.165) is 19.2 Å². The third kappa shape index (κ3) is 3.22. The molecule has 0 amide bonds. The summed E-state index contributed by atoms with van der Waals surface area (Å²) in [7, 11) is 1.16. The van der Waals surface area contributed by atoms with Crippen molar-refractivity contribution in [2.45, 2.75) is 12.5 Å². The van der Waals surface area contributed by atoms with Crippen molar-refractivity contribution in [1.82, 2.24) is 0 Å². The van der Waals surface area contributed by atoms with Crippen molar-refractivity contribution >= 4 is 11.7 Å². The first kappa shape index (κ1) is 13.0. The van der Waals surface area contributed by atoms with E-state index >= 15 is 0 Å². The lowest BCUT2D eigenvalue weighted by Crippen LogP contribution is -2.08. The van der Waals surface area contributed by atoms with Crippen LogP contribution < -0.4 is 0 Å². The molecule has 1 atom stereocenters. The standard InChI is InChI=1S/C10H10FNO5/c1-17-10(14)5-9(13)6-2-3-8(12(15)16)7(11)4-6/h2-4,9,13H,5H2,1H3/t9-/m1/s1. The van der Waals surface area contributed by atoms with Gasteiger partial charge in [-0.15, -0.1) is 0 Å². The second-order valence-electron chi connectivity index (χ2n) is 3.26. The summed E-state index contributed by atoms with van der Waals surface area (Å²) in [5.41, 5.74) is -0.600. The van der Waals surface area contributed by atoms with Gasteiger partial charge < -0.3 is 9.84 Å². The summed E-state index contributed by atoms with van der Waals surface area (Å²) in [6.07, 6.45) is -1.59. The Morgan fingerprint density at radius 3 is 2.76 bits per heavy atom. The van der Waals surface area contributed by atoms with Crippen LogP contribution in [0.4, 0.5) is 10.1 Å². The molecule has 0 bridgehead atoms. The topological polar surface area (TPSA) is 89.7 Å². The Kier molecular flexibility index (Phi) is 4.11. The lowest BCUT2D eigenvalue weighted by atomic mass is 10.1. The van der Waals surface area contributed by atoms with Gasteiger partial charge in [0.05, 0.1) is 24.6 Å². The molecule has 0 aliphatic heterocycles. The number of esters is 1. The lowest BCUT2D eigenvalue weighted by molar-refractivity contribution is -0.387. The van der Waals surface area contributed by atoms with Crippen LogP contribution in [0.1, 0.15) is 18.1 Å². The van der Waals surface area contributed by atoms with E-state index < -0.39 is 28.5 Å². The highest BCUT2D eigenvalue weighted by Gasteiger charge is 2.18. The third-order valence-electron chi connectivity index (χ3n) is 2.14. The molecule has 0 saturated heterocycles. The smallest absolute Gasteiger partial charge is 0.308 e. The monoisotopic (exact) mass is 243 g/mol. The Morgan fingerprint density at radius 2 is 2.29 bits per heavy atom. The van der Waals surface area contributed by atoms with Crippen molar-refractivity contribution in [3.05, 3.63) is 39.7 Å². The van der Waals surface area contributed by atoms with Gasteiger partial charge in [-0.25, -0.2) is 0 Å². The molecule has 17 heavy (non-hydrogen) atoms. The summed E-state index contributed by atoms with van der Waals surface area (Å²) in [6, 6.07) is 2.95. The fourth-order valence-corrected chi connectivity index (χ4v) is 1.24. The number of methoxy groups -OCH3 is 1. The van der Waals surface area contributed by atoms with E-state index in [4.69, 9.17) is 0 Å². The Balaban J connectivity index is 2.89. The number of halogens is 1. The molecule has 0 fully saturated rings. The Morgan fingerprint density at radius 1 is 1.65 bits per heavy atom. The van der Waals surface area contributed by atoms with Crippen molar-refractivity contribution in [2.75, 3.05) is 7.11 Å². The van der Waals surface area contributed by atoms with Crippen LogP contribution in [-0.2, 0) is 9.53 Å². The normalized spacial score (nSPS) is 11.9. The molecule has 0 unspecified atom stereocenters. The molecule has 0 aliphatic carbocycles. The van der Waals surface area contributed by atoms with Crippen LogP contribution in [0.25, 0.3) is 0 Å². The van der Waals surface area contributed by atoms with Gasteiger partial charge in [0.15, 0.2) is 0 Å². The number of benzene rings is 1. The van der Waals surface area contributed by atoms with Gasteiger partial charge in [0.25, 0.3) is 0 Å². The van der Waals surface area contributed by atoms with Crippen LogP contribution in [-0.4, -0.2) is 23.1 Å². The molecular weight excluding hydrogens is 233 g/mol. The number of aliphatic hydroxyl groups is 1. The fourth-order valence-electron chi connectivity index (χ4n) is 1.24. The van der Waals surface area contributed by atoms with Gasteiger partial charge in [0, 0.05) is 6.07 Å². The van der Waals surface area contributed by atoms with Crippen LogP contribution in [0.2, 0.25) is 0 Å². The molecular formula is C10H10FNO5. The van der Waals surface area contributed by atoms with E-state index in [9.17, 15) is 24.4 Å². The number of rotatable bonds is 4. The first-order valence-electron chi connectivity index (χ1n) is 4.64. The van der Waals surface area contributed by atoms with Gasteiger partial charge in [-0.3, -0.25) is 14.9 Å². The second kappa shape index (κ2) is 5.35. The molecule has 92 valence electrons. The zero-order valence-corrected chi connectivity index (χ0v) is 8.92. The minimum atomic E-state index is -1.25. The largest absolute Gasteiger partial charge is 0.469 e. The van der Waals surface area contributed by atoms with E-state index in [1.165, 1.54) is 6.07 Å². The maximum atomic E-state index is 13.2. The van der Waals surface area contributed by atoms with Gasteiger partial charge >= 0.3 is 11.7 Å². The minimum Gasteiger partial charge on any atom is -0.469 e. The summed E-state index contributed by atoms with van der Waals surface area (Å²) in [4.78, 5) is 20.4. The number of hydrogen-bond acceptors (Lipinski definition) is 5. The van der Waals surface area contributed by atoms with Crippen molar-refractivity contribution in [2.24, 2.45) is 0 Å². The molecule has 0 spiro atoms. The van der Waals surface area contributed by atoms with Gasteiger partial charge in [0.2, 0.25) is 5.82 Å². The molecule has 0 aliphatic rings. The van der Waals surface area contributed by atoms with Crippen LogP contribution >= 0.6 is 0 Å². The van der Waals surface area contributed by atoms with Crippen molar-refractivity contribution in [3.63, 3.8) is 0 Å². The minimum absolute atomic E-state index is 0.0819.